The third kappa shape index (κ3) is 4.90. The number of nitrogens with zero attached hydrogens (tertiary/aromatic N) is 4. The highest BCUT2D eigenvalue weighted by Crippen LogP contribution is 2.22. The standard InChI is InChI=1S/C23H24N4OS/c1-18-17-26(23-24-21(25-29-23)16-20-10-6-3-7-11-20)14-15-27(18)22(28)13-12-19-8-4-2-5-9-19/h2-13,18H,14-17H2,1H3/b13-12+. The Hall–Kier alpha value is -2.99. The van der Waals surface area contributed by atoms with E-state index in [1.54, 1.807) is 6.08 Å². The van der Waals surface area contributed by atoms with Crippen LogP contribution >= 0.6 is 11.5 Å². The van der Waals surface area contributed by atoms with Crippen molar-refractivity contribution in [2.75, 3.05) is 24.5 Å². The molecule has 29 heavy (non-hydrogen) atoms. The zero-order valence-electron chi connectivity index (χ0n) is 16.4. The Morgan fingerprint density at radius 3 is 2.55 bits per heavy atom. The summed E-state index contributed by atoms with van der Waals surface area (Å²) in [5.41, 5.74) is 2.25. The molecular formula is C23H24N4OS. The highest BCUT2D eigenvalue weighted by molar-refractivity contribution is 7.09. The monoisotopic (exact) mass is 404 g/mol. The molecule has 3 aromatic rings. The van der Waals surface area contributed by atoms with Gasteiger partial charge in [0.2, 0.25) is 11.0 Å². The number of piperazine rings is 1. The molecule has 1 atom stereocenters. The number of aromatic nitrogens is 2. The fraction of sp³-hybridized carbons (Fsp3) is 0.261. The zero-order valence-corrected chi connectivity index (χ0v) is 17.3. The van der Waals surface area contributed by atoms with Crippen LogP contribution < -0.4 is 4.90 Å². The zero-order chi connectivity index (χ0) is 20.1. The second kappa shape index (κ2) is 9.01. The summed E-state index contributed by atoms with van der Waals surface area (Å²) in [5, 5.41) is 0.940. The second-order valence-corrected chi connectivity index (χ2v) is 7.96. The molecule has 1 aliphatic heterocycles. The molecule has 0 bridgehead atoms. The molecule has 1 unspecified atom stereocenters. The summed E-state index contributed by atoms with van der Waals surface area (Å²) in [7, 11) is 0. The SMILES string of the molecule is CC1CN(c2nc(Cc3ccccc3)ns2)CCN1C(=O)/C=C/c1ccccc1. The highest BCUT2D eigenvalue weighted by atomic mass is 32.1. The van der Waals surface area contributed by atoms with Gasteiger partial charge in [-0.25, -0.2) is 4.98 Å². The molecule has 5 nitrogen and oxygen atoms in total. The Morgan fingerprint density at radius 1 is 1.10 bits per heavy atom. The van der Waals surface area contributed by atoms with Crippen molar-refractivity contribution in [1.29, 1.82) is 0 Å². The van der Waals surface area contributed by atoms with E-state index in [-0.39, 0.29) is 11.9 Å². The maximum absolute atomic E-state index is 12.6. The lowest BCUT2D eigenvalue weighted by Gasteiger charge is -2.39. The van der Waals surface area contributed by atoms with Gasteiger partial charge in [-0.15, -0.1) is 0 Å². The number of carbonyl (C=O) groups is 1. The molecule has 1 aliphatic rings. The van der Waals surface area contributed by atoms with Crippen LogP contribution in [0.3, 0.4) is 0 Å². The Kier molecular flexibility index (Phi) is 6.00. The first-order chi connectivity index (χ1) is 14.2. The quantitative estimate of drug-likeness (QED) is 0.606. The van der Waals surface area contributed by atoms with Gasteiger partial charge >= 0.3 is 0 Å². The van der Waals surface area contributed by atoms with Crippen LogP contribution in [0.5, 0.6) is 0 Å². The summed E-state index contributed by atoms with van der Waals surface area (Å²) in [6.07, 6.45) is 4.29. The molecule has 1 saturated heterocycles. The first kappa shape index (κ1) is 19.3. The summed E-state index contributed by atoms with van der Waals surface area (Å²) in [6, 6.07) is 20.3. The third-order valence-electron chi connectivity index (χ3n) is 5.06. The fourth-order valence-corrected chi connectivity index (χ4v) is 4.23. The lowest BCUT2D eigenvalue weighted by Crippen LogP contribution is -2.53. The average molecular weight is 405 g/mol. The molecular weight excluding hydrogens is 380 g/mol. The van der Waals surface area contributed by atoms with E-state index < -0.39 is 0 Å². The number of rotatable bonds is 5. The molecule has 6 heteroatoms. The molecule has 0 spiro atoms. The predicted molar refractivity (Wildman–Crippen MR) is 118 cm³/mol. The van der Waals surface area contributed by atoms with Crippen LogP contribution in [0.1, 0.15) is 23.9 Å². The summed E-state index contributed by atoms with van der Waals surface area (Å²) < 4.78 is 4.53. The molecule has 0 saturated carbocycles. The number of amides is 1. The molecule has 1 fully saturated rings. The maximum Gasteiger partial charge on any atom is 0.246 e. The van der Waals surface area contributed by atoms with Gasteiger partial charge in [0.1, 0.15) is 5.82 Å². The van der Waals surface area contributed by atoms with E-state index in [9.17, 15) is 4.79 Å². The minimum Gasteiger partial charge on any atom is -0.343 e. The first-order valence-electron chi connectivity index (χ1n) is 9.84. The topological polar surface area (TPSA) is 49.3 Å². The van der Waals surface area contributed by atoms with Crippen molar-refractivity contribution < 1.29 is 4.79 Å². The molecule has 2 aromatic carbocycles. The van der Waals surface area contributed by atoms with Crippen molar-refractivity contribution in [2.24, 2.45) is 0 Å². The van der Waals surface area contributed by atoms with Gasteiger partial charge in [-0.2, -0.15) is 4.37 Å². The van der Waals surface area contributed by atoms with Crippen LogP contribution in [-0.4, -0.2) is 45.8 Å². The summed E-state index contributed by atoms with van der Waals surface area (Å²) in [4.78, 5) is 21.5. The van der Waals surface area contributed by atoms with Crippen LogP contribution in [0.15, 0.2) is 66.7 Å². The maximum atomic E-state index is 12.6. The molecule has 1 amide bonds. The Labute approximate surface area is 175 Å². The van der Waals surface area contributed by atoms with Gasteiger partial charge in [-0.1, -0.05) is 60.7 Å². The number of carbonyl (C=O) groups excluding carboxylic acids is 1. The van der Waals surface area contributed by atoms with Crippen molar-refractivity contribution >= 4 is 28.6 Å². The predicted octanol–water partition coefficient (Wildman–Crippen LogP) is 3.88. The van der Waals surface area contributed by atoms with Gasteiger partial charge in [-0.05, 0) is 24.1 Å². The van der Waals surface area contributed by atoms with Crippen LogP contribution in [0, 0.1) is 0 Å². The van der Waals surface area contributed by atoms with Crippen molar-refractivity contribution in [3.05, 3.63) is 83.7 Å². The van der Waals surface area contributed by atoms with E-state index in [1.807, 2.05) is 59.5 Å². The van der Waals surface area contributed by atoms with Gasteiger partial charge in [0.15, 0.2) is 0 Å². The minimum atomic E-state index is 0.0584. The van der Waals surface area contributed by atoms with Crippen LogP contribution in [0.4, 0.5) is 5.13 Å². The lowest BCUT2D eigenvalue weighted by molar-refractivity contribution is -0.128. The van der Waals surface area contributed by atoms with E-state index >= 15 is 0 Å². The molecule has 0 N–H and O–H groups in total. The Balaban J connectivity index is 1.35. The molecule has 0 radical (unpaired) electrons. The lowest BCUT2D eigenvalue weighted by atomic mass is 10.1. The molecule has 0 aliphatic carbocycles. The van der Waals surface area contributed by atoms with Crippen molar-refractivity contribution in [2.45, 2.75) is 19.4 Å². The van der Waals surface area contributed by atoms with Gasteiger partial charge in [0, 0.05) is 49.7 Å². The Bertz CT molecular complexity index is 971. The van der Waals surface area contributed by atoms with E-state index in [0.717, 1.165) is 36.0 Å². The Morgan fingerprint density at radius 2 is 1.83 bits per heavy atom. The summed E-state index contributed by atoms with van der Waals surface area (Å²) >= 11 is 1.44. The normalized spacial score (nSPS) is 17.1. The summed E-state index contributed by atoms with van der Waals surface area (Å²) in [6.45, 7) is 4.32. The van der Waals surface area contributed by atoms with Crippen molar-refractivity contribution in [3.63, 3.8) is 0 Å². The van der Waals surface area contributed by atoms with Crippen molar-refractivity contribution in [1.82, 2.24) is 14.3 Å². The van der Waals surface area contributed by atoms with Gasteiger partial charge < -0.3 is 9.80 Å². The van der Waals surface area contributed by atoms with Gasteiger partial charge in [0.05, 0.1) is 0 Å². The van der Waals surface area contributed by atoms with E-state index in [4.69, 9.17) is 4.98 Å². The van der Waals surface area contributed by atoms with Crippen LogP contribution in [0.25, 0.3) is 6.08 Å². The second-order valence-electron chi connectivity index (χ2n) is 7.23. The average Bonchev–Trinajstić information content (AvgIpc) is 3.22. The first-order valence-corrected chi connectivity index (χ1v) is 10.6. The van der Waals surface area contributed by atoms with Crippen LogP contribution in [0.2, 0.25) is 0 Å². The van der Waals surface area contributed by atoms with Crippen LogP contribution in [-0.2, 0) is 11.2 Å². The number of benzene rings is 2. The van der Waals surface area contributed by atoms with Crippen molar-refractivity contribution in [3.8, 4) is 0 Å². The van der Waals surface area contributed by atoms with E-state index in [2.05, 4.69) is 28.3 Å². The number of hydrogen-bond acceptors (Lipinski definition) is 5. The summed E-state index contributed by atoms with van der Waals surface area (Å²) in [5.74, 6) is 0.913. The van der Waals surface area contributed by atoms with E-state index in [1.165, 1.54) is 17.1 Å². The van der Waals surface area contributed by atoms with Gasteiger partial charge in [-0.3, -0.25) is 4.79 Å². The minimum absolute atomic E-state index is 0.0584. The van der Waals surface area contributed by atoms with E-state index in [0.29, 0.717) is 6.54 Å². The smallest absolute Gasteiger partial charge is 0.246 e. The number of hydrogen-bond donors (Lipinski definition) is 0. The highest BCUT2D eigenvalue weighted by Gasteiger charge is 2.28. The van der Waals surface area contributed by atoms with Gasteiger partial charge in [0.25, 0.3) is 0 Å². The molecule has 148 valence electrons. The molecule has 4 rings (SSSR count). The third-order valence-corrected chi connectivity index (χ3v) is 5.88. The molecule has 2 heterocycles. The number of anilines is 1. The fourth-order valence-electron chi connectivity index (χ4n) is 3.51. The molecule has 1 aromatic heterocycles. The largest absolute Gasteiger partial charge is 0.343 e.